The Morgan fingerprint density at radius 3 is 2.57 bits per heavy atom. The van der Waals surface area contributed by atoms with Gasteiger partial charge in [-0.1, -0.05) is 0 Å². The zero-order valence-corrected chi connectivity index (χ0v) is 12.3. The molecule has 116 valence electrons. The van der Waals surface area contributed by atoms with E-state index in [1.165, 1.54) is 12.1 Å². The Morgan fingerprint density at radius 2 is 1.95 bits per heavy atom. The van der Waals surface area contributed by atoms with Crippen LogP contribution in [0.5, 0.6) is 5.75 Å². The van der Waals surface area contributed by atoms with E-state index < -0.39 is 0 Å². The molecule has 0 unspecified atom stereocenters. The summed E-state index contributed by atoms with van der Waals surface area (Å²) in [6, 6.07) is 6.02. The molecule has 1 N–H and O–H groups in total. The zero-order valence-electron chi connectivity index (χ0n) is 12.3. The van der Waals surface area contributed by atoms with Crippen LogP contribution in [0.15, 0.2) is 24.3 Å². The van der Waals surface area contributed by atoms with Gasteiger partial charge in [0, 0.05) is 19.6 Å². The first-order valence-electron chi connectivity index (χ1n) is 7.31. The number of carbonyl (C=O) groups excluding carboxylic acids is 1. The van der Waals surface area contributed by atoms with E-state index in [1.54, 1.807) is 12.1 Å². The van der Waals surface area contributed by atoms with Crippen molar-refractivity contribution in [2.75, 3.05) is 45.9 Å². The summed E-state index contributed by atoms with van der Waals surface area (Å²) in [5.74, 6) is 0.410. The molecule has 1 heterocycles. The maximum atomic E-state index is 12.8. The van der Waals surface area contributed by atoms with Crippen LogP contribution >= 0.6 is 0 Å². The van der Waals surface area contributed by atoms with Crippen LogP contribution in [-0.4, -0.2) is 56.9 Å². The first-order chi connectivity index (χ1) is 10.2. The van der Waals surface area contributed by atoms with Gasteiger partial charge < -0.3 is 9.47 Å². The van der Waals surface area contributed by atoms with Crippen molar-refractivity contribution in [2.24, 2.45) is 0 Å². The predicted molar refractivity (Wildman–Crippen MR) is 76.1 cm³/mol. The third kappa shape index (κ3) is 4.99. The van der Waals surface area contributed by atoms with Crippen molar-refractivity contribution in [1.82, 2.24) is 4.90 Å². The summed E-state index contributed by atoms with van der Waals surface area (Å²) >= 11 is 0. The van der Waals surface area contributed by atoms with Crippen LogP contribution in [0.1, 0.15) is 6.92 Å². The molecule has 0 spiro atoms. The van der Waals surface area contributed by atoms with Crippen LogP contribution in [0.2, 0.25) is 0 Å². The highest BCUT2D eigenvalue weighted by molar-refractivity contribution is 5.56. The lowest BCUT2D eigenvalue weighted by molar-refractivity contribution is -0.829. The van der Waals surface area contributed by atoms with Crippen LogP contribution in [0.3, 0.4) is 0 Å². The largest absolute Gasteiger partial charge is 0.514 e. The van der Waals surface area contributed by atoms with Crippen LogP contribution in [0.4, 0.5) is 9.18 Å². The number of halogens is 1. The van der Waals surface area contributed by atoms with Gasteiger partial charge >= 0.3 is 6.09 Å². The summed E-state index contributed by atoms with van der Waals surface area (Å²) in [4.78, 5) is 14.7. The van der Waals surface area contributed by atoms with Crippen LogP contribution < -0.4 is 9.64 Å². The number of ether oxygens (including phenoxy) is 2. The predicted octanol–water partition coefficient (Wildman–Crippen LogP) is 0.561. The number of quaternary nitrogens is 1. The lowest BCUT2D eigenvalue weighted by Crippen LogP contribution is -3.17. The molecule has 6 heteroatoms. The monoisotopic (exact) mass is 297 g/mol. The molecular weight excluding hydrogens is 275 g/mol. The van der Waals surface area contributed by atoms with Crippen molar-refractivity contribution in [3.05, 3.63) is 30.1 Å². The quantitative estimate of drug-likeness (QED) is 0.862. The lowest BCUT2D eigenvalue weighted by Gasteiger charge is -2.29. The average Bonchev–Trinajstić information content (AvgIpc) is 2.50. The van der Waals surface area contributed by atoms with Gasteiger partial charge in [0.1, 0.15) is 18.2 Å². The third-order valence-electron chi connectivity index (χ3n) is 3.51. The molecule has 0 bridgehead atoms. The number of amides is 1. The van der Waals surface area contributed by atoms with Crippen LogP contribution in [0, 0.1) is 5.82 Å². The number of alkyl carbamates (subject to hydrolysis) is 2. The Bertz CT molecular complexity index is 445. The molecule has 1 aliphatic rings. The van der Waals surface area contributed by atoms with Gasteiger partial charge in [0.05, 0.1) is 19.7 Å². The van der Waals surface area contributed by atoms with Crippen molar-refractivity contribution < 1.29 is 23.6 Å². The standard InChI is InChI=1S/C15H21FN2O3/c1-2-20-15(19)18-9-7-17(8-10-18)11-12-21-14-5-3-13(16)4-6-14/h3-6H,2,7-12H2,1H3/p+1. The topological polar surface area (TPSA) is 43.2 Å². The number of carbonyl (C=O) groups is 1. The third-order valence-corrected chi connectivity index (χ3v) is 3.51. The number of nitrogens with zero attached hydrogens (tertiary/aromatic N) is 1. The Morgan fingerprint density at radius 1 is 1.29 bits per heavy atom. The van der Waals surface area contributed by atoms with Gasteiger partial charge in [-0.2, -0.15) is 4.79 Å². The number of hydrogen-bond donors (Lipinski definition) is 1. The fourth-order valence-corrected chi connectivity index (χ4v) is 2.31. The molecule has 1 aliphatic heterocycles. The van der Waals surface area contributed by atoms with E-state index in [0.717, 1.165) is 37.6 Å². The number of nitrogens with one attached hydrogen (secondary N) is 1. The number of piperazine rings is 1. The van der Waals surface area contributed by atoms with Crippen molar-refractivity contribution in [3.8, 4) is 5.75 Å². The SMILES string of the molecule is CCOC(=O)[NH+]1CCN(CCOc2ccc(F)cc2)CC1. The second-order valence-electron chi connectivity index (χ2n) is 4.97. The Hall–Kier alpha value is -1.66. The molecule has 0 aliphatic carbocycles. The maximum Gasteiger partial charge on any atom is 0.514 e. The van der Waals surface area contributed by atoms with Gasteiger partial charge in [-0.15, -0.1) is 0 Å². The summed E-state index contributed by atoms with van der Waals surface area (Å²) in [6.07, 6.45) is -0.153. The molecule has 2 rings (SSSR count). The van der Waals surface area contributed by atoms with E-state index >= 15 is 0 Å². The molecule has 1 aromatic rings. The fraction of sp³-hybridized carbons (Fsp3) is 0.533. The number of hydrogen-bond acceptors (Lipinski definition) is 4. The van der Waals surface area contributed by atoms with Crippen molar-refractivity contribution >= 4 is 6.09 Å². The maximum absolute atomic E-state index is 12.8. The minimum Gasteiger partial charge on any atom is -0.492 e. The lowest BCUT2D eigenvalue weighted by atomic mass is 10.3. The van der Waals surface area contributed by atoms with E-state index in [4.69, 9.17) is 9.47 Å². The molecule has 21 heavy (non-hydrogen) atoms. The summed E-state index contributed by atoms with van der Waals surface area (Å²) in [6.45, 7) is 6.82. The molecule has 1 fully saturated rings. The molecule has 5 nitrogen and oxygen atoms in total. The first kappa shape index (κ1) is 15.7. The minimum absolute atomic E-state index is 0.153. The summed E-state index contributed by atoms with van der Waals surface area (Å²) < 4.78 is 23.3. The van der Waals surface area contributed by atoms with Gasteiger partial charge in [0.2, 0.25) is 0 Å². The van der Waals surface area contributed by atoms with Crippen molar-refractivity contribution in [3.63, 3.8) is 0 Å². The highest BCUT2D eigenvalue weighted by Crippen LogP contribution is 2.10. The number of rotatable bonds is 5. The van der Waals surface area contributed by atoms with Gasteiger partial charge in [-0.05, 0) is 31.2 Å². The second-order valence-corrected chi connectivity index (χ2v) is 4.97. The van der Waals surface area contributed by atoms with E-state index in [2.05, 4.69) is 4.90 Å². The molecule has 0 saturated carbocycles. The highest BCUT2D eigenvalue weighted by atomic mass is 19.1. The average molecular weight is 297 g/mol. The van der Waals surface area contributed by atoms with Gasteiger partial charge in [0.15, 0.2) is 0 Å². The normalized spacial score (nSPS) is 16.7. The van der Waals surface area contributed by atoms with E-state index in [0.29, 0.717) is 19.0 Å². The Labute approximate surface area is 124 Å². The van der Waals surface area contributed by atoms with Gasteiger partial charge in [-0.25, -0.2) is 9.29 Å². The molecule has 0 aromatic heterocycles. The fourth-order valence-electron chi connectivity index (χ4n) is 2.31. The van der Waals surface area contributed by atoms with E-state index in [1.807, 2.05) is 6.92 Å². The smallest absolute Gasteiger partial charge is 0.492 e. The molecular formula is C15H22FN2O3+. The summed E-state index contributed by atoms with van der Waals surface area (Å²) in [5.41, 5.74) is 0. The Balaban J connectivity index is 1.65. The van der Waals surface area contributed by atoms with E-state index in [-0.39, 0.29) is 11.9 Å². The zero-order chi connectivity index (χ0) is 15.1. The van der Waals surface area contributed by atoms with Crippen molar-refractivity contribution in [1.29, 1.82) is 0 Å². The minimum atomic E-state index is -0.264. The first-order valence-corrected chi connectivity index (χ1v) is 7.31. The summed E-state index contributed by atoms with van der Waals surface area (Å²) in [7, 11) is 0. The number of benzene rings is 1. The molecule has 1 aromatic carbocycles. The second kappa shape index (κ2) is 7.95. The summed E-state index contributed by atoms with van der Waals surface area (Å²) in [5, 5.41) is 0. The van der Waals surface area contributed by atoms with Crippen molar-refractivity contribution in [2.45, 2.75) is 6.92 Å². The highest BCUT2D eigenvalue weighted by Gasteiger charge is 2.26. The molecule has 0 radical (unpaired) electrons. The molecule has 1 saturated heterocycles. The molecule has 1 amide bonds. The van der Waals surface area contributed by atoms with Gasteiger partial charge in [-0.3, -0.25) is 4.90 Å². The van der Waals surface area contributed by atoms with Gasteiger partial charge in [0.25, 0.3) is 0 Å². The van der Waals surface area contributed by atoms with E-state index in [9.17, 15) is 9.18 Å². The Kier molecular flexibility index (Phi) is 5.95. The molecule has 0 atom stereocenters. The van der Waals surface area contributed by atoms with Crippen LogP contribution in [0.25, 0.3) is 0 Å². The van der Waals surface area contributed by atoms with Crippen LogP contribution in [-0.2, 0) is 4.74 Å².